The average Bonchev–Trinajstić information content (AvgIpc) is 3.53. The molecule has 6 rings (SSSR count). The summed E-state index contributed by atoms with van der Waals surface area (Å²) < 4.78 is 22.6. The van der Waals surface area contributed by atoms with Crippen LogP contribution >= 0.6 is 0 Å². The largest absolute Gasteiger partial charge is 0.473 e. The maximum atomic E-state index is 10.3. The van der Waals surface area contributed by atoms with Crippen molar-refractivity contribution >= 4 is 23.2 Å². The van der Waals surface area contributed by atoms with Gasteiger partial charge in [0.25, 0.3) is 0 Å². The van der Waals surface area contributed by atoms with Crippen LogP contribution in [0.5, 0.6) is 11.8 Å². The van der Waals surface area contributed by atoms with Crippen molar-refractivity contribution in [2.45, 2.75) is 91.6 Å². The summed E-state index contributed by atoms with van der Waals surface area (Å²) in [6, 6.07) is 2.09. The van der Waals surface area contributed by atoms with E-state index in [-0.39, 0.29) is 12.2 Å². The third kappa shape index (κ3) is 6.31. The minimum atomic E-state index is -0.573. The Morgan fingerprint density at radius 3 is 2.72 bits per heavy atom. The number of aryl methyl sites for hydroxylation is 1. The van der Waals surface area contributed by atoms with Crippen LogP contribution in [0.2, 0.25) is 0 Å². The Balaban J connectivity index is 1.51. The lowest BCUT2D eigenvalue weighted by Gasteiger charge is -2.26. The molecule has 12 heteroatoms. The molecule has 230 valence electrons. The van der Waals surface area contributed by atoms with Crippen molar-refractivity contribution in [2.24, 2.45) is 7.05 Å². The first-order chi connectivity index (χ1) is 20.7. The predicted molar refractivity (Wildman–Crippen MR) is 164 cm³/mol. The molecule has 0 radical (unpaired) electrons. The number of aromatic amines is 1. The molecule has 1 fully saturated rings. The predicted octanol–water partition coefficient (Wildman–Crippen LogP) is 4.18. The van der Waals surface area contributed by atoms with Crippen LogP contribution in [0.3, 0.4) is 0 Å². The van der Waals surface area contributed by atoms with E-state index >= 15 is 0 Å². The quantitative estimate of drug-likeness (QED) is 0.311. The third-order valence-electron chi connectivity index (χ3n) is 7.69. The second-order valence-electron chi connectivity index (χ2n) is 11.9. The van der Waals surface area contributed by atoms with Gasteiger partial charge in [-0.3, -0.25) is 14.7 Å². The van der Waals surface area contributed by atoms with Crippen LogP contribution in [0.15, 0.2) is 12.3 Å². The third-order valence-corrected chi connectivity index (χ3v) is 7.69. The van der Waals surface area contributed by atoms with Crippen molar-refractivity contribution in [1.29, 1.82) is 0 Å². The van der Waals surface area contributed by atoms with Crippen molar-refractivity contribution < 1.29 is 19.3 Å². The molecule has 0 amide bonds. The lowest BCUT2D eigenvalue weighted by atomic mass is 10.1. The van der Waals surface area contributed by atoms with Gasteiger partial charge in [0.2, 0.25) is 11.8 Å². The second-order valence-corrected chi connectivity index (χ2v) is 11.9. The molecule has 1 aliphatic carbocycles. The van der Waals surface area contributed by atoms with Crippen LogP contribution in [-0.2, 0) is 31.5 Å². The zero-order valence-corrected chi connectivity index (χ0v) is 25.9. The summed E-state index contributed by atoms with van der Waals surface area (Å²) in [5, 5.41) is 28.5. The molecule has 0 aromatic carbocycles. The average molecular weight is 591 g/mol. The van der Waals surface area contributed by atoms with E-state index in [2.05, 4.69) is 35.0 Å². The van der Waals surface area contributed by atoms with Crippen LogP contribution < -0.4 is 9.47 Å². The van der Waals surface area contributed by atoms with Crippen LogP contribution in [0.1, 0.15) is 70.1 Å². The van der Waals surface area contributed by atoms with E-state index in [1.165, 1.54) is 0 Å². The molecular formula is C31H42N8O4. The summed E-state index contributed by atoms with van der Waals surface area (Å²) in [5.74, 6) is 1.22. The molecular weight excluding hydrogens is 548 g/mol. The number of H-pyrrole nitrogens is 1. The highest BCUT2D eigenvalue weighted by Crippen LogP contribution is 2.37. The monoisotopic (exact) mass is 590 g/mol. The fraction of sp³-hybridized carbons (Fsp3) is 0.548. The van der Waals surface area contributed by atoms with Gasteiger partial charge in [0.1, 0.15) is 11.8 Å². The Morgan fingerprint density at radius 1 is 1.19 bits per heavy atom. The van der Waals surface area contributed by atoms with Gasteiger partial charge in [-0.15, -0.1) is 5.10 Å². The summed E-state index contributed by atoms with van der Waals surface area (Å²) >= 11 is 0. The Kier molecular flexibility index (Phi) is 8.25. The van der Waals surface area contributed by atoms with Crippen LogP contribution in [0.25, 0.3) is 34.3 Å². The Hall–Kier alpha value is -3.74. The number of fused-ring (bicyclic) bond motifs is 4. The number of aliphatic hydroxyl groups is 1. The summed E-state index contributed by atoms with van der Waals surface area (Å²) in [6.45, 7) is 12.8. The number of aromatic nitrogens is 7. The van der Waals surface area contributed by atoms with Gasteiger partial charge in [-0.05, 0) is 65.3 Å². The highest BCUT2D eigenvalue weighted by molar-refractivity contribution is 5.91. The van der Waals surface area contributed by atoms with Gasteiger partial charge in [-0.2, -0.15) is 10.2 Å². The zero-order chi connectivity index (χ0) is 30.2. The molecule has 43 heavy (non-hydrogen) atoms. The lowest BCUT2D eigenvalue weighted by molar-refractivity contribution is 0.103. The molecule has 1 aliphatic heterocycles. The van der Waals surface area contributed by atoms with E-state index in [4.69, 9.17) is 29.4 Å². The molecule has 2 atom stereocenters. The topological polar surface area (TPSA) is 128 Å². The molecule has 1 saturated carbocycles. The number of hydrogen-bond donors (Lipinski definition) is 2. The standard InChI is InChI=1S/C31H42N8O4/c1-7-38-15-20(5)43-31-28(26(35-37(31)6)17-41-22-8-9-22)21-12-24-25(33-34-29(24)32-13-21)11-10-23-27(16-38)39(14-19(4)40)36-30(23)42-18(2)3/h10-13,18-20,22,40H,7-9,14-17H2,1-6H3,(H,32,33,34)/b11-10+/t19-,20-/m0/s1. The minimum absolute atomic E-state index is 0.0651. The van der Waals surface area contributed by atoms with Crippen LogP contribution in [-0.4, -0.2) is 82.3 Å². The van der Waals surface area contributed by atoms with Gasteiger partial charge in [-0.1, -0.05) is 6.92 Å². The Bertz CT molecular complexity index is 1610. The van der Waals surface area contributed by atoms with Crippen molar-refractivity contribution in [2.75, 3.05) is 13.1 Å². The number of likely N-dealkylation sites (N-methyl/N-ethyl adjacent to an activating group) is 1. The van der Waals surface area contributed by atoms with Crippen molar-refractivity contribution in [3.8, 4) is 22.9 Å². The maximum absolute atomic E-state index is 10.3. The SMILES string of the molecule is CCN1Cc2c(c(OC(C)C)nn2C[C@H](C)O)/C=C/c2[nH]nc3ncc(cc23)-c2c(COC3CC3)nn(C)c2O[C@@H](C)C1. The lowest BCUT2D eigenvalue weighted by Crippen LogP contribution is -2.35. The normalized spacial score (nSPS) is 19.1. The molecule has 4 aromatic rings. The van der Waals surface area contributed by atoms with E-state index < -0.39 is 6.10 Å². The number of nitrogens with one attached hydrogen (secondary N) is 1. The summed E-state index contributed by atoms with van der Waals surface area (Å²) in [6.07, 6.45) is 7.55. The second kappa shape index (κ2) is 12.1. The highest BCUT2D eigenvalue weighted by atomic mass is 16.5. The van der Waals surface area contributed by atoms with Gasteiger partial charge < -0.3 is 19.3 Å². The summed E-state index contributed by atoms with van der Waals surface area (Å²) in [4.78, 5) is 7.01. The zero-order valence-electron chi connectivity index (χ0n) is 25.9. The number of pyridine rings is 1. The van der Waals surface area contributed by atoms with Gasteiger partial charge in [0.15, 0.2) is 5.65 Å². The molecule has 4 aromatic heterocycles. The molecule has 12 nitrogen and oxygen atoms in total. The molecule has 2 N–H and O–H groups in total. The van der Waals surface area contributed by atoms with E-state index in [1.807, 2.05) is 43.9 Å². The van der Waals surface area contributed by atoms with Gasteiger partial charge >= 0.3 is 0 Å². The van der Waals surface area contributed by atoms with Gasteiger partial charge in [0.05, 0.1) is 54.0 Å². The molecule has 0 unspecified atom stereocenters. The first-order valence-electron chi connectivity index (χ1n) is 15.2. The molecule has 0 saturated heterocycles. The molecule has 2 bridgehead atoms. The first-order valence-corrected chi connectivity index (χ1v) is 15.2. The van der Waals surface area contributed by atoms with Gasteiger partial charge in [0, 0.05) is 37.3 Å². The fourth-order valence-electron chi connectivity index (χ4n) is 5.51. The molecule has 0 spiro atoms. The molecule has 5 heterocycles. The van der Waals surface area contributed by atoms with Crippen molar-refractivity contribution in [3.05, 3.63) is 34.9 Å². The van der Waals surface area contributed by atoms with Crippen LogP contribution in [0, 0.1) is 0 Å². The summed E-state index contributed by atoms with van der Waals surface area (Å²) in [7, 11) is 1.91. The molecule has 2 aliphatic rings. The smallest absolute Gasteiger partial charge is 0.240 e. The summed E-state index contributed by atoms with van der Waals surface area (Å²) in [5.41, 5.74) is 5.87. The number of aliphatic hydroxyl groups excluding tert-OH is 1. The van der Waals surface area contributed by atoms with E-state index in [9.17, 15) is 5.11 Å². The number of rotatable bonds is 8. The van der Waals surface area contributed by atoms with Crippen molar-refractivity contribution in [1.82, 2.24) is 39.6 Å². The minimum Gasteiger partial charge on any atom is -0.473 e. The van der Waals surface area contributed by atoms with Crippen LogP contribution in [0.4, 0.5) is 0 Å². The van der Waals surface area contributed by atoms with E-state index in [0.29, 0.717) is 49.8 Å². The first kappa shape index (κ1) is 29.3. The Morgan fingerprint density at radius 2 is 2.00 bits per heavy atom. The van der Waals surface area contributed by atoms with E-state index in [0.717, 1.165) is 58.5 Å². The van der Waals surface area contributed by atoms with Crippen molar-refractivity contribution in [3.63, 3.8) is 0 Å². The number of hydrogen-bond acceptors (Lipinski definition) is 9. The maximum Gasteiger partial charge on any atom is 0.240 e. The Labute approximate surface area is 251 Å². The fourth-order valence-corrected chi connectivity index (χ4v) is 5.51. The van der Waals surface area contributed by atoms with E-state index in [1.54, 1.807) is 11.6 Å². The number of nitrogens with zero attached hydrogens (tertiary/aromatic N) is 7. The highest BCUT2D eigenvalue weighted by Gasteiger charge is 2.28. The van der Waals surface area contributed by atoms with Gasteiger partial charge in [-0.25, -0.2) is 9.67 Å². The number of ether oxygens (including phenoxy) is 3.